The summed E-state index contributed by atoms with van der Waals surface area (Å²) in [5.41, 5.74) is 3.10. The minimum absolute atomic E-state index is 0.0104. The molecule has 9 heteroatoms. The number of hydrogen-bond acceptors (Lipinski definition) is 4. The molecule has 0 bridgehead atoms. The molecule has 0 aromatic heterocycles. The van der Waals surface area contributed by atoms with Crippen molar-refractivity contribution in [1.29, 1.82) is 0 Å². The third-order valence-corrected chi connectivity index (χ3v) is 6.96. The van der Waals surface area contributed by atoms with Crippen LogP contribution in [0.25, 0.3) is 0 Å². The van der Waals surface area contributed by atoms with Gasteiger partial charge in [-0.2, -0.15) is 4.31 Å². The van der Waals surface area contributed by atoms with E-state index in [1.807, 2.05) is 24.3 Å². The summed E-state index contributed by atoms with van der Waals surface area (Å²) in [6, 6.07) is 17.0. The summed E-state index contributed by atoms with van der Waals surface area (Å²) in [7, 11) is -3.96. The number of carbonyl (C=O) groups is 1. The molecule has 0 radical (unpaired) electrons. The van der Waals surface area contributed by atoms with Gasteiger partial charge in [-0.25, -0.2) is 12.8 Å². The number of nitrogens with one attached hydrogen (secondary N) is 1. The zero-order chi connectivity index (χ0) is 22.6. The van der Waals surface area contributed by atoms with Gasteiger partial charge in [-0.05, 0) is 66.1 Å². The lowest BCUT2D eigenvalue weighted by atomic mass is 10.1. The van der Waals surface area contributed by atoms with Gasteiger partial charge < -0.3 is 10.7 Å². The summed E-state index contributed by atoms with van der Waals surface area (Å²) < 4.78 is 42.6. The van der Waals surface area contributed by atoms with Crippen molar-refractivity contribution in [3.8, 4) is 0 Å². The van der Waals surface area contributed by atoms with Crippen molar-refractivity contribution in [3.63, 3.8) is 0 Å². The van der Waals surface area contributed by atoms with Gasteiger partial charge in [-0.15, -0.1) is 0 Å². The highest BCUT2D eigenvalue weighted by Gasteiger charge is 2.26. The average Bonchev–Trinajstić information content (AvgIpc) is 2.75. The number of amides is 1. The van der Waals surface area contributed by atoms with Gasteiger partial charge in [0.25, 0.3) is 0 Å². The molecule has 0 fully saturated rings. The molecular formula is C22H19BrFN2O4S-. The number of carbonyl (C=O) groups excluding carboxylic acids is 1. The fourth-order valence-electron chi connectivity index (χ4n) is 3.02. The van der Waals surface area contributed by atoms with E-state index in [1.54, 1.807) is 12.1 Å². The van der Waals surface area contributed by atoms with Gasteiger partial charge in [-0.1, -0.05) is 40.2 Å². The smallest absolute Gasteiger partial charge is 0.243 e. The summed E-state index contributed by atoms with van der Waals surface area (Å²) in [5.74, 6) is -1.25. The first kappa shape index (κ1) is 23.1. The third-order valence-electron chi connectivity index (χ3n) is 4.68. The van der Waals surface area contributed by atoms with Gasteiger partial charge in [-0.3, -0.25) is 4.79 Å². The lowest BCUT2D eigenvalue weighted by Gasteiger charge is -2.23. The number of nitrogens with zero attached hydrogens (tertiary/aromatic N) is 1. The molecule has 3 rings (SSSR count). The number of rotatable bonds is 7. The zero-order valence-corrected chi connectivity index (χ0v) is 18.9. The van der Waals surface area contributed by atoms with Crippen molar-refractivity contribution in [2.45, 2.75) is 24.9 Å². The summed E-state index contributed by atoms with van der Waals surface area (Å²) in [6.45, 7) is 1.61. The molecule has 0 heterocycles. The van der Waals surface area contributed by atoms with Crippen LogP contribution in [0.3, 0.4) is 0 Å². The van der Waals surface area contributed by atoms with Crippen LogP contribution < -0.4 is 5.48 Å². The summed E-state index contributed by atoms with van der Waals surface area (Å²) in [6.07, 6.45) is 0. The Morgan fingerprint density at radius 2 is 1.71 bits per heavy atom. The predicted molar refractivity (Wildman–Crippen MR) is 119 cm³/mol. The Balaban J connectivity index is 1.97. The van der Waals surface area contributed by atoms with Gasteiger partial charge in [0.05, 0.1) is 4.90 Å². The maximum Gasteiger partial charge on any atom is 0.243 e. The van der Waals surface area contributed by atoms with Crippen LogP contribution in [0.15, 0.2) is 76.1 Å². The molecule has 1 amide bonds. The van der Waals surface area contributed by atoms with Crippen LogP contribution in [0.4, 0.5) is 4.39 Å². The van der Waals surface area contributed by atoms with Gasteiger partial charge in [0.15, 0.2) is 0 Å². The second-order valence-electron chi connectivity index (χ2n) is 6.94. The Morgan fingerprint density at radius 1 is 1.03 bits per heavy atom. The fourth-order valence-corrected chi connectivity index (χ4v) is 4.96. The highest BCUT2D eigenvalue weighted by atomic mass is 79.9. The van der Waals surface area contributed by atoms with Crippen molar-refractivity contribution in [3.05, 3.63) is 104 Å². The van der Waals surface area contributed by atoms with Crippen molar-refractivity contribution in [2.24, 2.45) is 0 Å². The van der Waals surface area contributed by atoms with E-state index >= 15 is 0 Å². The van der Waals surface area contributed by atoms with Crippen LogP contribution in [-0.2, 0) is 23.1 Å². The van der Waals surface area contributed by atoms with Crippen LogP contribution >= 0.6 is 15.9 Å². The molecule has 0 aliphatic rings. The largest absolute Gasteiger partial charge is 0.759 e. The second kappa shape index (κ2) is 9.69. The minimum atomic E-state index is -3.96. The van der Waals surface area contributed by atoms with Crippen LogP contribution in [-0.4, -0.2) is 18.6 Å². The van der Waals surface area contributed by atoms with E-state index in [0.717, 1.165) is 16.1 Å². The molecule has 0 spiro atoms. The number of hydrogen-bond donors (Lipinski definition) is 1. The van der Waals surface area contributed by atoms with E-state index in [2.05, 4.69) is 15.9 Å². The number of halogens is 2. The summed E-state index contributed by atoms with van der Waals surface area (Å²) >= 11 is 3.39. The Hall–Kier alpha value is -2.59. The van der Waals surface area contributed by atoms with Gasteiger partial charge in [0, 0.05) is 23.1 Å². The molecule has 3 aromatic rings. The fraction of sp³-hybridized carbons (Fsp3) is 0.136. The Labute approximate surface area is 188 Å². The Kier molecular flexibility index (Phi) is 7.22. The summed E-state index contributed by atoms with van der Waals surface area (Å²) in [4.78, 5) is 11.4. The highest BCUT2D eigenvalue weighted by molar-refractivity contribution is 9.10. The van der Waals surface area contributed by atoms with Crippen molar-refractivity contribution < 1.29 is 17.6 Å². The lowest BCUT2D eigenvalue weighted by molar-refractivity contribution is 0.0970. The van der Waals surface area contributed by atoms with E-state index in [9.17, 15) is 22.8 Å². The van der Waals surface area contributed by atoms with Gasteiger partial charge >= 0.3 is 0 Å². The van der Waals surface area contributed by atoms with Crippen molar-refractivity contribution >= 4 is 31.9 Å². The first-order valence-electron chi connectivity index (χ1n) is 9.23. The number of hydroxylamine groups is 1. The van der Waals surface area contributed by atoms with Gasteiger partial charge in [0.1, 0.15) is 5.82 Å². The summed E-state index contributed by atoms with van der Waals surface area (Å²) in [5, 5.41) is 10.5. The molecular weight excluding hydrogens is 487 g/mol. The molecule has 0 atom stereocenters. The predicted octanol–water partition coefficient (Wildman–Crippen LogP) is 4.52. The third kappa shape index (κ3) is 5.56. The quantitative estimate of drug-likeness (QED) is 0.478. The molecule has 0 aliphatic heterocycles. The molecule has 31 heavy (non-hydrogen) atoms. The van der Waals surface area contributed by atoms with E-state index in [4.69, 9.17) is 0 Å². The highest BCUT2D eigenvalue weighted by Crippen LogP contribution is 2.24. The van der Waals surface area contributed by atoms with Crippen molar-refractivity contribution in [1.82, 2.24) is 9.79 Å². The van der Waals surface area contributed by atoms with Crippen molar-refractivity contribution in [2.75, 3.05) is 0 Å². The van der Waals surface area contributed by atoms with Crippen LogP contribution in [0.1, 0.15) is 27.0 Å². The van der Waals surface area contributed by atoms with Crippen LogP contribution in [0.2, 0.25) is 0 Å². The van der Waals surface area contributed by atoms with E-state index < -0.39 is 21.7 Å². The lowest BCUT2D eigenvalue weighted by Crippen LogP contribution is -2.30. The minimum Gasteiger partial charge on any atom is -0.759 e. The number of benzene rings is 3. The first-order chi connectivity index (χ1) is 14.7. The van der Waals surface area contributed by atoms with E-state index in [-0.39, 0.29) is 29.1 Å². The molecule has 0 aliphatic carbocycles. The Morgan fingerprint density at radius 3 is 2.32 bits per heavy atom. The SMILES string of the molecule is Cc1cc(S(=O)(=O)N(Cc2ccc(C(=O)N[O-])cc2)Cc2cccc(Br)c2)ccc1F. The average molecular weight is 506 g/mol. The topological polar surface area (TPSA) is 89.5 Å². The molecule has 3 aromatic carbocycles. The van der Waals surface area contributed by atoms with E-state index in [0.29, 0.717) is 5.56 Å². The maximum absolute atomic E-state index is 13.7. The molecule has 162 valence electrons. The molecule has 6 nitrogen and oxygen atoms in total. The number of aryl methyl sites for hydroxylation is 1. The normalized spacial score (nSPS) is 11.5. The first-order valence-corrected chi connectivity index (χ1v) is 11.5. The van der Waals surface area contributed by atoms with Crippen LogP contribution in [0, 0.1) is 17.9 Å². The molecule has 0 saturated carbocycles. The number of sulfonamides is 1. The van der Waals surface area contributed by atoms with Crippen LogP contribution in [0.5, 0.6) is 0 Å². The van der Waals surface area contributed by atoms with Gasteiger partial charge in [0.2, 0.25) is 15.9 Å². The second-order valence-corrected chi connectivity index (χ2v) is 9.80. The Bertz CT molecular complexity index is 1200. The van der Waals surface area contributed by atoms with E-state index in [1.165, 1.54) is 41.0 Å². The monoisotopic (exact) mass is 505 g/mol. The standard InChI is InChI=1S/C22H19BrFN2O4S/c1-15-11-20(9-10-21(15)24)31(29,30)26(14-17-3-2-4-19(23)12-17)13-16-5-7-18(8-6-16)22(27)25-28/h2-12H,13-14H2,1H3,(H-,25,27,28)/q-1. The maximum atomic E-state index is 13.7. The molecule has 0 unspecified atom stereocenters. The molecule has 1 N–H and O–H groups in total. The molecule has 0 saturated heterocycles. The zero-order valence-electron chi connectivity index (χ0n) is 16.5.